The number of benzene rings is 2. The van der Waals surface area contributed by atoms with E-state index in [2.05, 4.69) is 0 Å². The molecule has 9 heteroatoms. The average Bonchev–Trinajstić information content (AvgIpc) is 2.60. The van der Waals surface area contributed by atoms with Gasteiger partial charge in [-0.3, -0.25) is 25.0 Å². The Morgan fingerprint density at radius 2 is 1.84 bits per heavy atom. The lowest BCUT2D eigenvalue weighted by atomic mass is 10.1. The Hall–Kier alpha value is -2.94. The van der Waals surface area contributed by atoms with Gasteiger partial charge in [-0.05, 0) is 18.6 Å². The van der Waals surface area contributed by atoms with Crippen LogP contribution in [0.2, 0.25) is 0 Å². The fourth-order valence-corrected chi connectivity index (χ4v) is 2.86. The maximum Gasteiger partial charge on any atom is 0.316 e. The highest BCUT2D eigenvalue weighted by Crippen LogP contribution is 2.29. The molecule has 0 radical (unpaired) electrons. The highest BCUT2D eigenvalue weighted by atomic mass is 32.2. The summed E-state index contributed by atoms with van der Waals surface area (Å²) in [5.41, 5.74) is 0.333. The Labute approximate surface area is 147 Å². The predicted molar refractivity (Wildman–Crippen MR) is 91.4 cm³/mol. The van der Waals surface area contributed by atoms with Gasteiger partial charge in [0.15, 0.2) is 0 Å². The number of nitro benzene ring substituents is 2. The molecule has 0 amide bonds. The van der Waals surface area contributed by atoms with Crippen molar-refractivity contribution in [2.75, 3.05) is 5.75 Å². The van der Waals surface area contributed by atoms with Crippen LogP contribution in [0.3, 0.4) is 0 Å². The number of carbonyl (C=O) groups is 1. The molecule has 0 aliphatic rings. The number of hydrogen-bond acceptors (Lipinski definition) is 7. The third-order valence-electron chi connectivity index (χ3n) is 3.27. The van der Waals surface area contributed by atoms with Gasteiger partial charge in [0.1, 0.15) is 6.10 Å². The highest BCUT2D eigenvalue weighted by Gasteiger charge is 2.18. The number of rotatable bonds is 7. The Morgan fingerprint density at radius 1 is 1.12 bits per heavy atom. The van der Waals surface area contributed by atoms with Crippen molar-refractivity contribution in [3.8, 4) is 0 Å². The van der Waals surface area contributed by atoms with Crippen molar-refractivity contribution in [1.82, 2.24) is 0 Å². The van der Waals surface area contributed by atoms with Crippen molar-refractivity contribution in [2.45, 2.75) is 17.9 Å². The number of esters is 1. The van der Waals surface area contributed by atoms with Crippen LogP contribution in [0.1, 0.15) is 18.6 Å². The molecule has 1 atom stereocenters. The van der Waals surface area contributed by atoms with Gasteiger partial charge in [-0.2, -0.15) is 0 Å². The molecule has 25 heavy (non-hydrogen) atoms. The fourth-order valence-electron chi connectivity index (χ4n) is 2.06. The molecule has 0 N–H and O–H groups in total. The minimum Gasteiger partial charge on any atom is -0.457 e. The van der Waals surface area contributed by atoms with E-state index in [0.717, 1.165) is 11.8 Å². The van der Waals surface area contributed by atoms with Crippen LogP contribution in [0.5, 0.6) is 0 Å². The standard InChI is InChI=1S/C16H14N2O6S/c1-11(12-5-4-6-13(9-12)17(20)21)24-16(19)10-25-15-8-3-2-7-14(15)18(22)23/h2-9,11H,10H2,1H3/t11-/m0/s1. The smallest absolute Gasteiger partial charge is 0.316 e. The second-order valence-corrected chi connectivity index (χ2v) is 6.01. The number of carbonyl (C=O) groups excluding carboxylic acids is 1. The molecular weight excluding hydrogens is 348 g/mol. The number of thioether (sulfide) groups is 1. The summed E-state index contributed by atoms with van der Waals surface area (Å²) in [6, 6.07) is 11.9. The van der Waals surface area contributed by atoms with E-state index in [1.807, 2.05) is 0 Å². The summed E-state index contributed by atoms with van der Waals surface area (Å²) in [6.45, 7) is 1.60. The average molecular weight is 362 g/mol. The summed E-state index contributed by atoms with van der Waals surface area (Å²) in [7, 11) is 0. The van der Waals surface area contributed by atoms with Gasteiger partial charge >= 0.3 is 5.97 Å². The Bertz CT molecular complexity index is 811. The van der Waals surface area contributed by atoms with Crippen molar-refractivity contribution in [3.05, 3.63) is 74.3 Å². The number of nitro groups is 2. The van der Waals surface area contributed by atoms with Crippen LogP contribution in [-0.2, 0) is 9.53 Å². The second kappa shape index (κ2) is 8.25. The summed E-state index contributed by atoms with van der Waals surface area (Å²) >= 11 is 1.00. The van der Waals surface area contributed by atoms with Gasteiger partial charge in [-0.25, -0.2) is 0 Å². The van der Waals surface area contributed by atoms with E-state index in [0.29, 0.717) is 10.5 Å². The Morgan fingerprint density at radius 3 is 2.52 bits per heavy atom. The zero-order chi connectivity index (χ0) is 18.4. The first-order valence-electron chi connectivity index (χ1n) is 7.18. The molecule has 0 aliphatic carbocycles. The van der Waals surface area contributed by atoms with E-state index in [1.54, 1.807) is 31.2 Å². The van der Waals surface area contributed by atoms with Crippen molar-refractivity contribution < 1.29 is 19.4 Å². The lowest BCUT2D eigenvalue weighted by Crippen LogP contribution is -2.11. The maximum atomic E-state index is 12.0. The largest absolute Gasteiger partial charge is 0.457 e. The van der Waals surface area contributed by atoms with Gasteiger partial charge in [0.2, 0.25) is 0 Å². The Balaban J connectivity index is 1.97. The topological polar surface area (TPSA) is 113 Å². The molecule has 0 saturated heterocycles. The van der Waals surface area contributed by atoms with Gasteiger partial charge < -0.3 is 4.74 Å². The SMILES string of the molecule is C[C@H](OC(=O)CSc1ccccc1[N+](=O)[O-])c1cccc([N+](=O)[O-])c1. The number of ether oxygens (including phenoxy) is 1. The van der Waals surface area contributed by atoms with Crippen molar-refractivity contribution in [2.24, 2.45) is 0 Å². The van der Waals surface area contributed by atoms with Crippen LogP contribution < -0.4 is 0 Å². The minimum atomic E-state index is -0.668. The van der Waals surface area contributed by atoms with Crippen LogP contribution in [-0.4, -0.2) is 21.6 Å². The van der Waals surface area contributed by atoms with Crippen LogP contribution in [0.4, 0.5) is 11.4 Å². The zero-order valence-corrected chi connectivity index (χ0v) is 14.0. The van der Waals surface area contributed by atoms with Crippen LogP contribution in [0.15, 0.2) is 53.4 Å². The molecule has 0 aromatic heterocycles. The molecule has 0 unspecified atom stereocenters. The summed E-state index contributed by atoms with van der Waals surface area (Å²) in [6.07, 6.45) is -0.668. The molecule has 0 saturated carbocycles. The van der Waals surface area contributed by atoms with E-state index in [1.165, 1.54) is 24.3 Å². The van der Waals surface area contributed by atoms with Gasteiger partial charge in [0.25, 0.3) is 11.4 Å². The lowest BCUT2D eigenvalue weighted by Gasteiger charge is -2.13. The molecule has 130 valence electrons. The predicted octanol–water partition coefficient (Wildman–Crippen LogP) is 3.90. The van der Waals surface area contributed by atoms with Gasteiger partial charge in [-0.1, -0.05) is 24.3 Å². The van der Waals surface area contributed by atoms with Gasteiger partial charge in [0.05, 0.1) is 20.5 Å². The van der Waals surface area contributed by atoms with Crippen LogP contribution in [0.25, 0.3) is 0 Å². The molecule has 0 bridgehead atoms. The van der Waals surface area contributed by atoms with Crippen molar-refractivity contribution in [1.29, 1.82) is 0 Å². The summed E-state index contributed by atoms with van der Waals surface area (Å²) in [5.74, 6) is -0.674. The molecule has 0 heterocycles. The van der Waals surface area contributed by atoms with E-state index >= 15 is 0 Å². The molecule has 0 aliphatic heterocycles. The number of hydrogen-bond donors (Lipinski definition) is 0. The fraction of sp³-hybridized carbons (Fsp3) is 0.188. The van der Waals surface area contributed by atoms with E-state index in [9.17, 15) is 25.0 Å². The molecular formula is C16H14N2O6S. The van der Waals surface area contributed by atoms with Crippen LogP contribution >= 0.6 is 11.8 Å². The normalized spacial score (nSPS) is 11.6. The number of para-hydroxylation sites is 1. The van der Waals surface area contributed by atoms with Gasteiger partial charge in [-0.15, -0.1) is 11.8 Å². The van der Waals surface area contributed by atoms with Crippen LogP contribution in [0, 0.1) is 20.2 Å². The number of non-ortho nitro benzene ring substituents is 1. The molecule has 2 aromatic rings. The van der Waals surface area contributed by atoms with E-state index in [4.69, 9.17) is 4.74 Å². The quantitative estimate of drug-likeness (QED) is 0.318. The maximum absolute atomic E-state index is 12.0. The summed E-state index contributed by atoms with van der Waals surface area (Å²) < 4.78 is 5.24. The van der Waals surface area contributed by atoms with Crippen molar-refractivity contribution >= 4 is 29.1 Å². The zero-order valence-electron chi connectivity index (χ0n) is 13.2. The molecule has 0 spiro atoms. The van der Waals surface area contributed by atoms with E-state index in [-0.39, 0.29) is 17.1 Å². The first-order valence-corrected chi connectivity index (χ1v) is 8.17. The number of nitrogens with zero attached hydrogens (tertiary/aromatic N) is 2. The monoisotopic (exact) mass is 362 g/mol. The van der Waals surface area contributed by atoms with Crippen molar-refractivity contribution in [3.63, 3.8) is 0 Å². The first kappa shape index (κ1) is 18.4. The molecule has 2 rings (SSSR count). The van der Waals surface area contributed by atoms with E-state index < -0.39 is 21.9 Å². The lowest BCUT2D eigenvalue weighted by molar-refractivity contribution is -0.387. The molecule has 8 nitrogen and oxygen atoms in total. The minimum absolute atomic E-state index is 0.0768. The Kier molecular flexibility index (Phi) is 6.07. The molecule has 0 fully saturated rings. The summed E-state index contributed by atoms with van der Waals surface area (Å²) in [5, 5.41) is 21.7. The molecule has 2 aromatic carbocycles. The highest BCUT2D eigenvalue weighted by molar-refractivity contribution is 8.00. The van der Waals surface area contributed by atoms with Gasteiger partial charge in [0, 0.05) is 18.2 Å². The first-order chi connectivity index (χ1) is 11.9. The summed E-state index contributed by atoms with van der Waals surface area (Å²) in [4.78, 5) is 33.0. The third kappa shape index (κ3) is 5.01. The second-order valence-electron chi connectivity index (χ2n) is 5.00. The third-order valence-corrected chi connectivity index (χ3v) is 4.30.